The highest BCUT2D eigenvalue weighted by Crippen LogP contribution is 2.20. The largest absolute Gasteiger partial charge is 0.379 e. The normalized spacial score (nSPS) is 20.3. The Kier molecular flexibility index (Phi) is 7.24. The number of imide groups is 1. The van der Waals surface area contributed by atoms with E-state index in [9.17, 15) is 14.4 Å². The number of hydrogen-bond acceptors (Lipinski definition) is 5. The van der Waals surface area contributed by atoms with E-state index in [0.29, 0.717) is 17.1 Å². The molecule has 8 nitrogen and oxygen atoms in total. The van der Waals surface area contributed by atoms with Crippen LogP contribution in [0.25, 0.3) is 0 Å². The SMILES string of the molecule is O=C(CC[C@H]1NC(=O)N(Cc2ccccc2Cl)C1=O)NCCN1CCOCC1. The third-order valence-electron chi connectivity index (χ3n) is 4.91. The second-order valence-electron chi connectivity index (χ2n) is 6.86. The number of halogens is 1. The Morgan fingerprint density at radius 1 is 1.25 bits per heavy atom. The minimum absolute atomic E-state index is 0.118. The highest BCUT2D eigenvalue weighted by atomic mass is 35.5. The van der Waals surface area contributed by atoms with Gasteiger partial charge in [-0.2, -0.15) is 0 Å². The Bertz CT molecular complexity index is 724. The lowest BCUT2D eigenvalue weighted by molar-refractivity contribution is -0.128. The number of rotatable bonds is 8. The minimum atomic E-state index is -0.681. The Balaban J connectivity index is 1.41. The highest BCUT2D eigenvalue weighted by Gasteiger charge is 2.38. The van der Waals surface area contributed by atoms with Crippen molar-refractivity contribution in [3.05, 3.63) is 34.9 Å². The Hall–Kier alpha value is -2.16. The summed E-state index contributed by atoms with van der Waals surface area (Å²) in [5.41, 5.74) is 0.703. The standard InChI is InChI=1S/C19H25ClN4O4/c20-15-4-2-1-3-14(15)13-24-18(26)16(22-19(24)27)5-6-17(25)21-7-8-23-9-11-28-12-10-23/h1-4,16H,5-13H2,(H,21,25)(H,22,27)/t16-/m1/s1. The van der Waals surface area contributed by atoms with Gasteiger partial charge in [0, 0.05) is 37.6 Å². The number of carbonyl (C=O) groups excluding carboxylic acids is 3. The molecule has 0 aliphatic carbocycles. The lowest BCUT2D eigenvalue weighted by Gasteiger charge is -2.26. The molecule has 2 aliphatic heterocycles. The van der Waals surface area contributed by atoms with Crippen LogP contribution in [-0.2, 0) is 20.9 Å². The van der Waals surface area contributed by atoms with Crippen molar-refractivity contribution in [2.75, 3.05) is 39.4 Å². The molecule has 0 saturated carbocycles. The van der Waals surface area contributed by atoms with Crippen molar-refractivity contribution in [3.8, 4) is 0 Å². The monoisotopic (exact) mass is 408 g/mol. The molecule has 0 radical (unpaired) electrons. The third-order valence-corrected chi connectivity index (χ3v) is 5.28. The second-order valence-corrected chi connectivity index (χ2v) is 7.27. The van der Waals surface area contributed by atoms with Crippen LogP contribution in [0.2, 0.25) is 5.02 Å². The molecule has 2 heterocycles. The van der Waals surface area contributed by atoms with Gasteiger partial charge in [0.25, 0.3) is 5.91 Å². The molecule has 2 N–H and O–H groups in total. The number of nitrogens with zero attached hydrogens (tertiary/aromatic N) is 2. The van der Waals surface area contributed by atoms with E-state index in [0.717, 1.165) is 37.7 Å². The Morgan fingerprint density at radius 2 is 2.00 bits per heavy atom. The molecule has 0 spiro atoms. The van der Waals surface area contributed by atoms with E-state index in [1.54, 1.807) is 24.3 Å². The van der Waals surface area contributed by atoms with Crippen LogP contribution in [0.1, 0.15) is 18.4 Å². The molecule has 152 valence electrons. The van der Waals surface area contributed by atoms with Gasteiger partial charge in [-0.1, -0.05) is 29.8 Å². The van der Waals surface area contributed by atoms with Gasteiger partial charge in [0.15, 0.2) is 0 Å². The molecule has 2 aliphatic rings. The number of nitrogens with one attached hydrogen (secondary N) is 2. The summed E-state index contributed by atoms with van der Waals surface area (Å²) in [6.45, 7) is 4.65. The first-order chi connectivity index (χ1) is 13.5. The predicted molar refractivity (Wildman–Crippen MR) is 104 cm³/mol. The topological polar surface area (TPSA) is 91.0 Å². The highest BCUT2D eigenvalue weighted by molar-refractivity contribution is 6.31. The summed E-state index contributed by atoms with van der Waals surface area (Å²) in [6.07, 6.45) is 0.451. The maximum atomic E-state index is 12.5. The van der Waals surface area contributed by atoms with Crippen LogP contribution in [0, 0.1) is 0 Å². The fourth-order valence-electron chi connectivity index (χ4n) is 3.26. The fraction of sp³-hybridized carbons (Fsp3) is 0.526. The summed E-state index contributed by atoms with van der Waals surface area (Å²) in [4.78, 5) is 40.1. The molecule has 0 bridgehead atoms. The average molecular weight is 409 g/mol. The zero-order valence-electron chi connectivity index (χ0n) is 15.7. The van der Waals surface area contributed by atoms with Crippen LogP contribution in [0.5, 0.6) is 0 Å². The molecular weight excluding hydrogens is 384 g/mol. The van der Waals surface area contributed by atoms with Crippen molar-refractivity contribution in [2.24, 2.45) is 0 Å². The molecule has 0 unspecified atom stereocenters. The van der Waals surface area contributed by atoms with Crippen molar-refractivity contribution in [3.63, 3.8) is 0 Å². The molecule has 0 aromatic heterocycles. The van der Waals surface area contributed by atoms with E-state index in [1.165, 1.54) is 0 Å². The van der Waals surface area contributed by atoms with Gasteiger partial charge in [-0.15, -0.1) is 0 Å². The molecule has 1 aromatic rings. The van der Waals surface area contributed by atoms with Gasteiger partial charge in [0.2, 0.25) is 5.91 Å². The van der Waals surface area contributed by atoms with Gasteiger partial charge in [-0.05, 0) is 18.1 Å². The number of urea groups is 1. The summed E-state index contributed by atoms with van der Waals surface area (Å²) >= 11 is 6.11. The Labute approximate surface area is 169 Å². The Morgan fingerprint density at radius 3 is 2.75 bits per heavy atom. The number of hydrogen-bond donors (Lipinski definition) is 2. The summed E-state index contributed by atoms with van der Waals surface area (Å²) < 4.78 is 5.29. The molecule has 28 heavy (non-hydrogen) atoms. The number of carbonyl (C=O) groups is 3. The number of ether oxygens (including phenoxy) is 1. The third kappa shape index (κ3) is 5.43. The van der Waals surface area contributed by atoms with Gasteiger partial charge in [0.1, 0.15) is 6.04 Å². The number of amides is 4. The van der Waals surface area contributed by atoms with E-state index in [-0.39, 0.29) is 31.2 Å². The maximum absolute atomic E-state index is 12.5. The number of morpholine rings is 1. The van der Waals surface area contributed by atoms with Gasteiger partial charge >= 0.3 is 6.03 Å². The zero-order valence-corrected chi connectivity index (χ0v) is 16.4. The molecular formula is C19H25ClN4O4. The maximum Gasteiger partial charge on any atom is 0.325 e. The van der Waals surface area contributed by atoms with Gasteiger partial charge in [-0.3, -0.25) is 19.4 Å². The van der Waals surface area contributed by atoms with Crippen LogP contribution >= 0.6 is 11.6 Å². The first-order valence-electron chi connectivity index (χ1n) is 9.46. The van der Waals surface area contributed by atoms with Crippen LogP contribution in [0.3, 0.4) is 0 Å². The lowest BCUT2D eigenvalue weighted by atomic mass is 10.1. The second kappa shape index (κ2) is 9.86. The molecule has 3 rings (SSSR count). The fourth-order valence-corrected chi connectivity index (χ4v) is 3.46. The summed E-state index contributed by atoms with van der Waals surface area (Å²) in [5.74, 6) is -0.453. The van der Waals surface area contributed by atoms with Crippen molar-refractivity contribution in [1.82, 2.24) is 20.4 Å². The molecule has 1 atom stereocenters. The van der Waals surface area contributed by atoms with Gasteiger partial charge in [-0.25, -0.2) is 4.79 Å². The number of benzene rings is 1. The van der Waals surface area contributed by atoms with E-state index < -0.39 is 12.1 Å². The summed E-state index contributed by atoms with van der Waals surface area (Å²) in [5, 5.41) is 6.02. The average Bonchev–Trinajstić information content (AvgIpc) is 2.96. The molecule has 2 fully saturated rings. The van der Waals surface area contributed by atoms with Crippen molar-refractivity contribution in [2.45, 2.75) is 25.4 Å². The van der Waals surface area contributed by atoms with Crippen LogP contribution in [-0.4, -0.2) is 73.1 Å². The summed E-state index contributed by atoms with van der Waals surface area (Å²) in [7, 11) is 0. The smallest absolute Gasteiger partial charge is 0.325 e. The van der Waals surface area contributed by atoms with Crippen LogP contribution < -0.4 is 10.6 Å². The van der Waals surface area contributed by atoms with Gasteiger partial charge < -0.3 is 15.4 Å². The zero-order chi connectivity index (χ0) is 19.9. The molecule has 2 saturated heterocycles. The van der Waals surface area contributed by atoms with Crippen molar-refractivity contribution >= 4 is 29.4 Å². The van der Waals surface area contributed by atoms with Crippen molar-refractivity contribution < 1.29 is 19.1 Å². The van der Waals surface area contributed by atoms with E-state index in [1.807, 2.05) is 0 Å². The van der Waals surface area contributed by atoms with Crippen molar-refractivity contribution in [1.29, 1.82) is 0 Å². The first kappa shape index (κ1) is 20.6. The summed E-state index contributed by atoms with van der Waals surface area (Å²) in [6, 6.07) is 5.95. The van der Waals surface area contributed by atoms with Crippen LogP contribution in [0.4, 0.5) is 4.79 Å². The van der Waals surface area contributed by atoms with Gasteiger partial charge in [0.05, 0.1) is 19.8 Å². The van der Waals surface area contributed by atoms with E-state index >= 15 is 0 Å². The van der Waals surface area contributed by atoms with Crippen LogP contribution in [0.15, 0.2) is 24.3 Å². The minimum Gasteiger partial charge on any atom is -0.379 e. The van der Waals surface area contributed by atoms with E-state index in [4.69, 9.17) is 16.3 Å². The first-order valence-corrected chi connectivity index (χ1v) is 9.84. The quantitative estimate of drug-likeness (QED) is 0.626. The predicted octanol–water partition coefficient (Wildman–Crippen LogP) is 0.989. The molecule has 4 amide bonds. The molecule has 9 heteroatoms. The molecule has 1 aromatic carbocycles. The lowest BCUT2D eigenvalue weighted by Crippen LogP contribution is -2.41. The van der Waals surface area contributed by atoms with E-state index in [2.05, 4.69) is 15.5 Å².